The van der Waals surface area contributed by atoms with Crippen LogP contribution >= 0.6 is 11.3 Å². The summed E-state index contributed by atoms with van der Waals surface area (Å²) >= 11 is 1.51. The van der Waals surface area contributed by atoms with Crippen molar-refractivity contribution in [3.63, 3.8) is 0 Å². The number of carbonyl (C=O) groups excluding carboxylic acids is 1. The Balaban J connectivity index is 1.78. The lowest BCUT2D eigenvalue weighted by Crippen LogP contribution is -2.26. The number of benzene rings is 2. The highest BCUT2D eigenvalue weighted by atomic mass is 32.1. The summed E-state index contributed by atoms with van der Waals surface area (Å²) in [5, 5.41) is 1.55. The number of carbonyl (C=O) groups is 1. The fraction of sp³-hybridized carbons (Fsp3) is 0.0556. The fourth-order valence-corrected chi connectivity index (χ4v) is 3.48. The molecule has 0 radical (unpaired) electrons. The average molecular weight is 319 g/mol. The number of fused-ring (bicyclic) bond motifs is 2. The summed E-state index contributed by atoms with van der Waals surface area (Å²) in [6.07, 6.45) is 1.67. The first-order valence-electron chi connectivity index (χ1n) is 7.21. The molecule has 0 atom stereocenters. The zero-order valence-corrected chi connectivity index (χ0v) is 13.2. The van der Waals surface area contributed by atoms with E-state index in [0.29, 0.717) is 10.7 Å². The van der Waals surface area contributed by atoms with Crippen LogP contribution in [-0.2, 0) is 0 Å². The van der Waals surface area contributed by atoms with Crippen LogP contribution in [0.3, 0.4) is 0 Å². The summed E-state index contributed by atoms with van der Waals surface area (Å²) in [6, 6.07) is 17.3. The molecule has 0 spiro atoms. The van der Waals surface area contributed by atoms with Crippen LogP contribution in [0.5, 0.6) is 0 Å². The fourth-order valence-electron chi connectivity index (χ4n) is 2.55. The van der Waals surface area contributed by atoms with Gasteiger partial charge in [0.1, 0.15) is 0 Å². The van der Waals surface area contributed by atoms with Crippen LogP contribution in [0.2, 0.25) is 0 Å². The number of nitrogens with zero attached hydrogens (tertiary/aromatic N) is 3. The minimum atomic E-state index is -0.0809. The average Bonchev–Trinajstić information content (AvgIpc) is 3.04. The number of para-hydroxylation sites is 2. The molecule has 112 valence electrons. The van der Waals surface area contributed by atoms with Crippen molar-refractivity contribution < 1.29 is 4.79 Å². The van der Waals surface area contributed by atoms with Gasteiger partial charge >= 0.3 is 0 Å². The molecule has 0 N–H and O–H groups in total. The third-order valence-corrected chi connectivity index (χ3v) is 4.87. The van der Waals surface area contributed by atoms with Crippen molar-refractivity contribution in [3.05, 3.63) is 66.4 Å². The predicted molar refractivity (Wildman–Crippen MR) is 94.1 cm³/mol. The second kappa shape index (κ2) is 5.44. The molecule has 5 heteroatoms. The number of aromatic nitrogens is 2. The van der Waals surface area contributed by atoms with E-state index >= 15 is 0 Å². The van der Waals surface area contributed by atoms with Gasteiger partial charge in [-0.15, -0.1) is 0 Å². The second-order valence-corrected chi connectivity index (χ2v) is 6.21. The molecule has 2 aromatic heterocycles. The Morgan fingerprint density at radius 1 is 1.00 bits per heavy atom. The summed E-state index contributed by atoms with van der Waals surface area (Å²) in [7, 11) is 1.76. The van der Waals surface area contributed by atoms with Gasteiger partial charge in [0.15, 0.2) is 5.13 Å². The van der Waals surface area contributed by atoms with E-state index in [0.717, 1.165) is 21.1 Å². The van der Waals surface area contributed by atoms with Gasteiger partial charge in [-0.25, -0.2) is 4.98 Å². The van der Waals surface area contributed by atoms with Gasteiger partial charge in [0, 0.05) is 18.6 Å². The van der Waals surface area contributed by atoms with Gasteiger partial charge in [0.2, 0.25) is 0 Å². The molecule has 23 heavy (non-hydrogen) atoms. The lowest BCUT2D eigenvalue weighted by atomic mass is 10.1. The molecule has 0 aliphatic rings. The van der Waals surface area contributed by atoms with Crippen LogP contribution in [0.4, 0.5) is 5.13 Å². The topological polar surface area (TPSA) is 46.1 Å². The number of hydrogen-bond donors (Lipinski definition) is 0. The van der Waals surface area contributed by atoms with Crippen LogP contribution < -0.4 is 4.90 Å². The molecule has 0 aliphatic carbocycles. The smallest absolute Gasteiger partial charge is 0.260 e. The highest BCUT2D eigenvalue weighted by molar-refractivity contribution is 7.22. The van der Waals surface area contributed by atoms with E-state index in [9.17, 15) is 4.79 Å². The highest BCUT2D eigenvalue weighted by Crippen LogP contribution is 2.29. The Morgan fingerprint density at radius 3 is 2.57 bits per heavy atom. The molecule has 2 heterocycles. The van der Waals surface area contributed by atoms with Crippen molar-refractivity contribution >= 4 is 43.5 Å². The van der Waals surface area contributed by atoms with Crippen molar-refractivity contribution in [3.8, 4) is 0 Å². The largest absolute Gasteiger partial charge is 0.287 e. The zero-order chi connectivity index (χ0) is 15.8. The van der Waals surface area contributed by atoms with Crippen LogP contribution in [-0.4, -0.2) is 22.9 Å². The van der Waals surface area contributed by atoms with E-state index in [1.165, 1.54) is 11.3 Å². The van der Waals surface area contributed by atoms with Crippen LogP contribution in [0.1, 0.15) is 10.4 Å². The van der Waals surface area contributed by atoms with Crippen LogP contribution in [0.15, 0.2) is 60.8 Å². The highest BCUT2D eigenvalue weighted by Gasteiger charge is 2.19. The van der Waals surface area contributed by atoms with Crippen LogP contribution in [0, 0.1) is 0 Å². The van der Waals surface area contributed by atoms with E-state index in [2.05, 4.69) is 9.97 Å². The molecule has 0 fully saturated rings. The lowest BCUT2D eigenvalue weighted by Gasteiger charge is -2.14. The summed E-state index contributed by atoms with van der Waals surface area (Å²) in [4.78, 5) is 23.4. The third kappa shape index (κ3) is 2.35. The molecule has 0 saturated heterocycles. The monoisotopic (exact) mass is 319 g/mol. The van der Waals surface area contributed by atoms with E-state index in [4.69, 9.17) is 0 Å². The SMILES string of the molecule is CN(C(=O)c1ccnc2ccccc12)c1nc2ccccc2s1. The van der Waals surface area contributed by atoms with E-state index < -0.39 is 0 Å². The maximum Gasteiger partial charge on any atom is 0.260 e. The van der Waals surface area contributed by atoms with Crippen molar-refractivity contribution in [2.45, 2.75) is 0 Å². The molecular weight excluding hydrogens is 306 g/mol. The van der Waals surface area contributed by atoms with Gasteiger partial charge in [-0.1, -0.05) is 41.7 Å². The normalized spacial score (nSPS) is 11.0. The summed E-state index contributed by atoms with van der Waals surface area (Å²) in [5.41, 5.74) is 2.36. The minimum Gasteiger partial charge on any atom is -0.287 e. The van der Waals surface area contributed by atoms with Gasteiger partial charge in [0.25, 0.3) is 5.91 Å². The van der Waals surface area contributed by atoms with Crippen molar-refractivity contribution in [2.75, 3.05) is 11.9 Å². The zero-order valence-electron chi connectivity index (χ0n) is 12.4. The first-order valence-corrected chi connectivity index (χ1v) is 8.03. The standard InChI is InChI=1S/C18H13N3OS/c1-21(18-20-15-8-4-5-9-16(15)23-18)17(22)13-10-11-19-14-7-3-2-6-12(13)14/h2-11H,1H3. The van der Waals surface area contributed by atoms with E-state index in [1.54, 1.807) is 24.2 Å². The first kappa shape index (κ1) is 13.8. The van der Waals surface area contributed by atoms with Gasteiger partial charge in [-0.3, -0.25) is 14.7 Å². The van der Waals surface area contributed by atoms with E-state index in [1.807, 2.05) is 48.5 Å². The molecular formula is C18H13N3OS. The number of hydrogen-bond acceptors (Lipinski definition) is 4. The summed E-state index contributed by atoms with van der Waals surface area (Å²) < 4.78 is 1.07. The van der Waals surface area contributed by atoms with Gasteiger partial charge in [-0.05, 0) is 24.3 Å². The molecule has 0 aliphatic heterocycles. The second-order valence-electron chi connectivity index (χ2n) is 5.20. The predicted octanol–water partition coefficient (Wildman–Crippen LogP) is 4.12. The molecule has 0 unspecified atom stereocenters. The minimum absolute atomic E-state index is 0.0809. The number of rotatable bonds is 2. The molecule has 0 saturated carbocycles. The Labute approximate surface area is 137 Å². The molecule has 0 bridgehead atoms. The molecule has 1 amide bonds. The molecule has 4 nitrogen and oxygen atoms in total. The maximum atomic E-state index is 12.9. The summed E-state index contributed by atoms with van der Waals surface area (Å²) in [5.74, 6) is -0.0809. The number of anilines is 1. The van der Waals surface area contributed by atoms with Gasteiger partial charge in [-0.2, -0.15) is 0 Å². The molecule has 2 aromatic carbocycles. The van der Waals surface area contributed by atoms with Crippen molar-refractivity contribution in [2.24, 2.45) is 0 Å². The van der Waals surface area contributed by atoms with Crippen LogP contribution in [0.25, 0.3) is 21.1 Å². The third-order valence-electron chi connectivity index (χ3n) is 3.75. The Hall–Kier alpha value is -2.79. The maximum absolute atomic E-state index is 12.9. The van der Waals surface area contributed by atoms with Crippen molar-refractivity contribution in [1.29, 1.82) is 0 Å². The first-order chi connectivity index (χ1) is 11.2. The number of pyridine rings is 1. The van der Waals surface area contributed by atoms with Gasteiger partial charge < -0.3 is 0 Å². The van der Waals surface area contributed by atoms with Crippen molar-refractivity contribution in [1.82, 2.24) is 9.97 Å². The molecule has 4 aromatic rings. The number of amides is 1. The molecule has 4 rings (SSSR count). The quantitative estimate of drug-likeness (QED) is 0.558. The Kier molecular flexibility index (Phi) is 3.28. The lowest BCUT2D eigenvalue weighted by molar-refractivity contribution is 0.0994. The Bertz CT molecular complexity index is 987. The number of thiazole rings is 1. The van der Waals surface area contributed by atoms with Gasteiger partial charge in [0.05, 0.1) is 21.3 Å². The Morgan fingerprint density at radius 2 is 1.74 bits per heavy atom. The van der Waals surface area contributed by atoms with E-state index in [-0.39, 0.29) is 5.91 Å². The summed E-state index contributed by atoms with van der Waals surface area (Å²) in [6.45, 7) is 0.